The van der Waals surface area contributed by atoms with E-state index in [4.69, 9.17) is 18.5 Å². The molecule has 0 fully saturated rings. The van der Waals surface area contributed by atoms with Crippen molar-refractivity contribution in [3.8, 4) is 0 Å². The standard InChI is InChI=1S/C42H74NO9P/c1-6-8-10-12-14-15-16-17-21-25-29-33-41(45)49-37-40(38-51-53(47,48)50-36-35-43(3,4)5)52-42(46)34-30-26-22-19-18-20-24-28-32-39(44)31-27-23-13-11-9-7-2/h12,14,19-20,22-24,27-28,32,39-40,44H,6-11,13,15-18,21,25-26,29-31,33-38H2,1-5H3/b14-12-,22-19-,24-20-,27-23-,32-28+/t39-,40+/m0/s1. The first-order chi connectivity index (χ1) is 25.4. The Morgan fingerprint density at radius 2 is 1.30 bits per heavy atom. The Morgan fingerprint density at radius 1 is 0.698 bits per heavy atom. The van der Waals surface area contributed by atoms with Crippen LogP contribution in [0.15, 0.2) is 60.8 Å². The fraction of sp³-hybridized carbons (Fsp3) is 0.714. The van der Waals surface area contributed by atoms with Crippen molar-refractivity contribution in [3.63, 3.8) is 0 Å². The van der Waals surface area contributed by atoms with E-state index in [1.54, 1.807) is 6.08 Å². The van der Waals surface area contributed by atoms with E-state index < -0.39 is 38.6 Å². The average molecular weight is 768 g/mol. The number of nitrogens with zero attached hydrogens (tertiary/aromatic N) is 1. The molecule has 0 aliphatic rings. The molecule has 1 unspecified atom stereocenters. The zero-order valence-corrected chi connectivity index (χ0v) is 34.7. The molecule has 0 radical (unpaired) electrons. The van der Waals surface area contributed by atoms with Crippen LogP contribution in [-0.4, -0.2) is 81.2 Å². The fourth-order valence-electron chi connectivity index (χ4n) is 4.83. The number of rotatable bonds is 35. The van der Waals surface area contributed by atoms with Crippen molar-refractivity contribution in [1.29, 1.82) is 0 Å². The topological polar surface area (TPSA) is 131 Å². The van der Waals surface area contributed by atoms with Gasteiger partial charge in [0.15, 0.2) is 6.10 Å². The predicted octanol–water partition coefficient (Wildman–Crippen LogP) is 9.24. The number of quaternary nitrogens is 1. The van der Waals surface area contributed by atoms with Crippen LogP contribution in [0.25, 0.3) is 0 Å². The molecule has 0 saturated heterocycles. The fourth-order valence-corrected chi connectivity index (χ4v) is 5.56. The smallest absolute Gasteiger partial charge is 0.306 e. The van der Waals surface area contributed by atoms with Gasteiger partial charge in [-0.25, -0.2) is 0 Å². The third-order valence-electron chi connectivity index (χ3n) is 8.09. The van der Waals surface area contributed by atoms with Crippen molar-refractivity contribution >= 4 is 19.8 Å². The number of ether oxygens (including phenoxy) is 2. The zero-order chi connectivity index (χ0) is 39.5. The summed E-state index contributed by atoms with van der Waals surface area (Å²) in [5, 5.41) is 10.0. The van der Waals surface area contributed by atoms with Gasteiger partial charge in [-0.15, -0.1) is 0 Å². The quantitative estimate of drug-likeness (QED) is 0.0167. The number of unbranched alkanes of at least 4 members (excludes halogenated alkanes) is 11. The SMILES string of the molecule is CCCC/C=C\CCCCCCCC(=O)OC[C@H](COP(=O)([O-])OCC[N+](C)(C)C)OC(=O)CCC/C=C\C/C=C\C=C\[C@@H](O)C/C=C\CCCCC. The minimum atomic E-state index is -4.65. The third-order valence-corrected chi connectivity index (χ3v) is 9.05. The van der Waals surface area contributed by atoms with Gasteiger partial charge in [-0.3, -0.25) is 14.2 Å². The number of phosphoric acid groups is 1. The number of hydrogen-bond acceptors (Lipinski definition) is 9. The van der Waals surface area contributed by atoms with E-state index >= 15 is 0 Å². The molecule has 0 spiro atoms. The molecule has 10 nitrogen and oxygen atoms in total. The second kappa shape index (κ2) is 34.2. The Labute approximate surface area is 322 Å². The van der Waals surface area contributed by atoms with Crippen molar-refractivity contribution in [3.05, 3.63) is 60.8 Å². The van der Waals surface area contributed by atoms with Crippen molar-refractivity contribution in [1.82, 2.24) is 0 Å². The summed E-state index contributed by atoms with van der Waals surface area (Å²) in [4.78, 5) is 37.3. The van der Waals surface area contributed by atoms with Crippen LogP contribution in [0, 0.1) is 0 Å². The molecule has 11 heteroatoms. The summed E-state index contributed by atoms with van der Waals surface area (Å²) in [7, 11) is 1.08. The molecule has 0 aliphatic heterocycles. The van der Waals surface area contributed by atoms with Gasteiger partial charge in [-0.1, -0.05) is 120 Å². The maximum atomic E-state index is 12.6. The summed E-state index contributed by atoms with van der Waals surface area (Å²) in [5.74, 6) is -0.958. The predicted molar refractivity (Wildman–Crippen MR) is 214 cm³/mol. The van der Waals surface area contributed by atoms with Crippen LogP contribution in [0.1, 0.15) is 136 Å². The number of aliphatic hydroxyl groups excluding tert-OH is 1. The second-order valence-electron chi connectivity index (χ2n) is 14.5. The van der Waals surface area contributed by atoms with Crippen LogP contribution < -0.4 is 4.89 Å². The Balaban J connectivity index is 4.61. The minimum Gasteiger partial charge on any atom is -0.756 e. The summed E-state index contributed by atoms with van der Waals surface area (Å²) in [6.07, 6.45) is 35.7. The molecule has 0 aromatic carbocycles. The van der Waals surface area contributed by atoms with E-state index in [9.17, 15) is 24.2 Å². The molecule has 3 atom stereocenters. The van der Waals surface area contributed by atoms with Gasteiger partial charge in [0.2, 0.25) is 0 Å². The molecule has 0 aromatic rings. The molecule has 1 N–H and O–H groups in total. The average Bonchev–Trinajstić information content (AvgIpc) is 3.10. The highest BCUT2D eigenvalue weighted by atomic mass is 31.2. The summed E-state index contributed by atoms with van der Waals surface area (Å²) in [6, 6.07) is 0. The lowest BCUT2D eigenvalue weighted by Crippen LogP contribution is -2.37. The molecular weight excluding hydrogens is 693 g/mol. The second-order valence-corrected chi connectivity index (χ2v) is 15.9. The first-order valence-corrected chi connectivity index (χ1v) is 21.6. The number of likely N-dealkylation sites (N-methyl/N-ethyl adjacent to an activating group) is 1. The van der Waals surface area contributed by atoms with Crippen LogP contribution in [0.5, 0.6) is 0 Å². The molecular formula is C42H74NO9P. The lowest BCUT2D eigenvalue weighted by Gasteiger charge is -2.28. The molecule has 0 bridgehead atoms. The van der Waals surface area contributed by atoms with Gasteiger partial charge in [-0.2, -0.15) is 0 Å². The molecule has 306 valence electrons. The van der Waals surface area contributed by atoms with Crippen LogP contribution in [0.4, 0.5) is 0 Å². The van der Waals surface area contributed by atoms with Gasteiger partial charge < -0.3 is 33.0 Å². The Bertz CT molecular complexity index is 1110. The first-order valence-electron chi connectivity index (χ1n) is 20.1. The maximum absolute atomic E-state index is 12.6. The van der Waals surface area contributed by atoms with E-state index in [1.165, 1.54) is 32.1 Å². The molecule has 0 amide bonds. The van der Waals surface area contributed by atoms with Crippen molar-refractivity contribution in [2.75, 3.05) is 47.5 Å². The van der Waals surface area contributed by atoms with Crippen molar-refractivity contribution in [2.45, 2.75) is 148 Å². The lowest BCUT2D eigenvalue weighted by atomic mass is 10.1. The van der Waals surface area contributed by atoms with Crippen molar-refractivity contribution in [2.24, 2.45) is 0 Å². The van der Waals surface area contributed by atoms with Gasteiger partial charge >= 0.3 is 11.9 Å². The van der Waals surface area contributed by atoms with E-state index in [-0.39, 0.29) is 26.1 Å². The van der Waals surface area contributed by atoms with Crippen LogP contribution in [0.2, 0.25) is 0 Å². The van der Waals surface area contributed by atoms with E-state index in [0.717, 1.165) is 51.4 Å². The van der Waals surface area contributed by atoms with Gasteiger partial charge in [0.05, 0.1) is 33.9 Å². The monoisotopic (exact) mass is 768 g/mol. The van der Waals surface area contributed by atoms with Gasteiger partial charge in [0.1, 0.15) is 19.8 Å². The normalized spacial score (nSPS) is 14.9. The van der Waals surface area contributed by atoms with E-state index in [0.29, 0.717) is 36.7 Å². The van der Waals surface area contributed by atoms with Gasteiger partial charge in [0.25, 0.3) is 7.82 Å². The molecule has 0 aromatic heterocycles. The summed E-state index contributed by atoms with van der Waals surface area (Å²) < 4.78 is 33.6. The summed E-state index contributed by atoms with van der Waals surface area (Å²) >= 11 is 0. The third kappa shape index (κ3) is 37.8. The number of hydrogen-bond donors (Lipinski definition) is 1. The number of esters is 2. The molecule has 53 heavy (non-hydrogen) atoms. The summed E-state index contributed by atoms with van der Waals surface area (Å²) in [6.45, 7) is 3.96. The van der Waals surface area contributed by atoms with Crippen LogP contribution in [0.3, 0.4) is 0 Å². The highest BCUT2D eigenvalue weighted by Crippen LogP contribution is 2.38. The van der Waals surface area contributed by atoms with Crippen molar-refractivity contribution < 1.29 is 47.2 Å². The number of carbonyl (C=O) groups is 2. The Morgan fingerprint density at radius 3 is 2.02 bits per heavy atom. The molecule has 0 rings (SSSR count). The Hall–Kier alpha value is -2.33. The largest absolute Gasteiger partial charge is 0.756 e. The van der Waals surface area contributed by atoms with E-state index in [2.05, 4.69) is 32.1 Å². The minimum absolute atomic E-state index is 0.0559. The number of allylic oxidation sites excluding steroid dienone is 8. The number of aliphatic hydroxyl groups is 1. The lowest BCUT2D eigenvalue weighted by molar-refractivity contribution is -0.870. The summed E-state index contributed by atoms with van der Waals surface area (Å²) in [5.41, 5.74) is 0. The van der Waals surface area contributed by atoms with Crippen LogP contribution in [-0.2, 0) is 32.7 Å². The first kappa shape index (κ1) is 50.7. The molecule has 0 heterocycles. The van der Waals surface area contributed by atoms with Crippen LogP contribution >= 0.6 is 7.82 Å². The van der Waals surface area contributed by atoms with Gasteiger partial charge in [0, 0.05) is 12.8 Å². The Kier molecular flexibility index (Phi) is 32.7. The maximum Gasteiger partial charge on any atom is 0.306 e. The highest BCUT2D eigenvalue weighted by molar-refractivity contribution is 7.45. The van der Waals surface area contributed by atoms with Gasteiger partial charge in [-0.05, 0) is 64.2 Å². The number of phosphoric ester groups is 1. The van der Waals surface area contributed by atoms with E-state index in [1.807, 2.05) is 57.6 Å². The highest BCUT2D eigenvalue weighted by Gasteiger charge is 2.21. The molecule has 0 saturated carbocycles. The molecule has 0 aliphatic carbocycles. The number of carbonyl (C=O) groups excluding carboxylic acids is 2. The zero-order valence-electron chi connectivity index (χ0n) is 33.8.